The standard InChI is InChI=1S/C15H22BrN3O2/c1-15(2,3)21-14(20)17-11-6-5-9-19(10-11)13-8-4-7-12(16)18-13/h4,7-8,11H,5-6,9-10H2,1-3H3,(H,17,20)/t11-/m1/s1. The predicted octanol–water partition coefficient (Wildman–Crippen LogP) is 3.34. The Morgan fingerprint density at radius 1 is 1.48 bits per heavy atom. The molecule has 0 saturated carbocycles. The van der Waals surface area contributed by atoms with Crippen molar-refractivity contribution >= 4 is 27.8 Å². The zero-order chi connectivity index (χ0) is 15.5. The number of ether oxygens (including phenoxy) is 1. The third-order valence-corrected chi connectivity index (χ3v) is 3.61. The van der Waals surface area contributed by atoms with Gasteiger partial charge in [-0.15, -0.1) is 0 Å². The van der Waals surface area contributed by atoms with Crippen molar-refractivity contribution < 1.29 is 9.53 Å². The van der Waals surface area contributed by atoms with Crippen LogP contribution in [0.15, 0.2) is 22.8 Å². The average molecular weight is 356 g/mol. The fraction of sp³-hybridized carbons (Fsp3) is 0.600. The molecule has 1 aromatic heterocycles. The van der Waals surface area contributed by atoms with E-state index in [-0.39, 0.29) is 12.1 Å². The van der Waals surface area contributed by atoms with Gasteiger partial charge in [-0.1, -0.05) is 6.07 Å². The highest BCUT2D eigenvalue weighted by Crippen LogP contribution is 2.20. The van der Waals surface area contributed by atoms with Crippen LogP contribution in [-0.4, -0.2) is 35.8 Å². The highest BCUT2D eigenvalue weighted by molar-refractivity contribution is 9.10. The lowest BCUT2D eigenvalue weighted by molar-refractivity contribution is 0.0500. The van der Waals surface area contributed by atoms with E-state index in [4.69, 9.17) is 4.74 Å². The maximum atomic E-state index is 11.8. The number of alkyl carbamates (subject to hydrolysis) is 1. The topological polar surface area (TPSA) is 54.5 Å². The van der Waals surface area contributed by atoms with Crippen LogP contribution in [0.2, 0.25) is 0 Å². The van der Waals surface area contributed by atoms with Gasteiger partial charge in [-0.2, -0.15) is 0 Å². The summed E-state index contributed by atoms with van der Waals surface area (Å²) < 4.78 is 6.13. The molecule has 1 aliphatic heterocycles. The number of pyridine rings is 1. The first kappa shape index (κ1) is 16.1. The fourth-order valence-electron chi connectivity index (χ4n) is 2.35. The minimum absolute atomic E-state index is 0.0920. The second kappa shape index (κ2) is 6.64. The molecule has 2 rings (SSSR count). The Kier molecular flexibility index (Phi) is 5.08. The first-order valence-electron chi connectivity index (χ1n) is 7.20. The van der Waals surface area contributed by atoms with Gasteiger partial charge in [-0.05, 0) is 61.7 Å². The molecule has 1 fully saturated rings. The molecule has 5 nitrogen and oxygen atoms in total. The molecule has 116 valence electrons. The second-order valence-corrected chi connectivity index (χ2v) is 7.06. The molecule has 1 aromatic rings. The van der Waals surface area contributed by atoms with Gasteiger partial charge in [0.2, 0.25) is 0 Å². The maximum Gasteiger partial charge on any atom is 0.407 e. The van der Waals surface area contributed by atoms with E-state index < -0.39 is 5.60 Å². The number of carbonyl (C=O) groups excluding carboxylic acids is 1. The highest BCUT2D eigenvalue weighted by atomic mass is 79.9. The molecule has 1 N–H and O–H groups in total. The molecule has 0 spiro atoms. The summed E-state index contributed by atoms with van der Waals surface area (Å²) in [7, 11) is 0. The number of aromatic nitrogens is 1. The summed E-state index contributed by atoms with van der Waals surface area (Å²) in [5.41, 5.74) is -0.468. The van der Waals surface area contributed by atoms with Crippen molar-refractivity contribution in [3.63, 3.8) is 0 Å². The zero-order valence-electron chi connectivity index (χ0n) is 12.7. The van der Waals surface area contributed by atoms with Gasteiger partial charge in [0.25, 0.3) is 0 Å². The summed E-state index contributed by atoms with van der Waals surface area (Å²) in [6.45, 7) is 7.31. The quantitative estimate of drug-likeness (QED) is 0.826. The van der Waals surface area contributed by atoms with Crippen LogP contribution in [0.5, 0.6) is 0 Å². The third kappa shape index (κ3) is 5.19. The molecule has 6 heteroatoms. The molecule has 0 unspecified atom stereocenters. The van der Waals surface area contributed by atoms with Gasteiger partial charge >= 0.3 is 6.09 Å². The normalized spacial score (nSPS) is 19.2. The van der Waals surface area contributed by atoms with Crippen LogP contribution in [0.3, 0.4) is 0 Å². The molecular weight excluding hydrogens is 334 g/mol. The van der Waals surface area contributed by atoms with Crippen LogP contribution in [0, 0.1) is 0 Å². The van der Waals surface area contributed by atoms with Crippen molar-refractivity contribution in [3.8, 4) is 0 Å². The number of piperidine rings is 1. The number of halogens is 1. The van der Waals surface area contributed by atoms with Gasteiger partial charge in [0, 0.05) is 19.1 Å². The Balaban J connectivity index is 1.93. The summed E-state index contributed by atoms with van der Waals surface area (Å²) >= 11 is 3.39. The molecule has 1 atom stereocenters. The van der Waals surface area contributed by atoms with Gasteiger partial charge in [0.1, 0.15) is 16.0 Å². The lowest BCUT2D eigenvalue weighted by atomic mass is 10.1. The summed E-state index contributed by atoms with van der Waals surface area (Å²) in [6.07, 6.45) is 1.63. The van der Waals surface area contributed by atoms with Crippen molar-refractivity contribution in [3.05, 3.63) is 22.8 Å². The van der Waals surface area contributed by atoms with E-state index in [1.165, 1.54) is 0 Å². The number of rotatable bonds is 2. The van der Waals surface area contributed by atoms with E-state index in [2.05, 4.69) is 31.1 Å². The van der Waals surface area contributed by atoms with E-state index >= 15 is 0 Å². The average Bonchev–Trinajstić information content (AvgIpc) is 2.36. The molecule has 1 amide bonds. The summed E-state index contributed by atoms with van der Waals surface area (Å²) in [5.74, 6) is 0.931. The van der Waals surface area contributed by atoms with Crippen LogP contribution in [0.1, 0.15) is 33.6 Å². The number of amides is 1. The number of hydrogen-bond donors (Lipinski definition) is 1. The van der Waals surface area contributed by atoms with Gasteiger partial charge in [-0.3, -0.25) is 0 Å². The minimum Gasteiger partial charge on any atom is -0.444 e. The van der Waals surface area contributed by atoms with Crippen LogP contribution in [0.4, 0.5) is 10.6 Å². The highest BCUT2D eigenvalue weighted by Gasteiger charge is 2.24. The first-order valence-corrected chi connectivity index (χ1v) is 8.00. The van der Waals surface area contributed by atoms with Gasteiger partial charge < -0.3 is 15.0 Å². The van der Waals surface area contributed by atoms with Crippen molar-refractivity contribution in [2.45, 2.75) is 45.3 Å². The number of nitrogens with one attached hydrogen (secondary N) is 1. The third-order valence-electron chi connectivity index (χ3n) is 3.17. The van der Waals surface area contributed by atoms with Crippen LogP contribution in [-0.2, 0) is 4.74 Å². The molecular formula is C15H22BrN3O2. The predicted molar refractivity (Wildman–Crippen MR) is 86.5 cm³/mol. The van der Waals surface area contributed by atoms with Gasteiger partial charge in [-0.25, -0.2) is 9.78 Å². The summed E-state index contributed by atoms with van der Waals surface area (Å²) in [5, 5.41) is 2.95. The van der Waals surface area contributed by atoms with E-state index in [1.807, 2.05) is 39.0 Å². The lowest BCUT2D eigenvalue weighted by Gasteiger charge is -2.34. The molecule has 1 saturated heterocycles. The fourth-order valence-corrected chi connectivity index (χ4v) is 2.69. The van der Waals surface area contributed by atoms with Crippen molar-refractivity contribution in [2.24, 2.45) is 0 Å². The molecule has 0 aromatic carbocycles. The number of nitrogens with zero attached hydrogens (tertiary/aromatic N) is 2. The smallest absolute Gasteiger partial charge is 0.407 e. The van der Waals surface area contributed by atoms with Gasteiger partial charge in [0.05, 0.1) is 0 Å². The molecule has 0 aliphatic carbocycles. The summed E-state index contributed by atoms with van der Waals surface area (Å²) in [6, 6.07) is 5.95. The number of carbonyl (C=O) groups is 1. The monoisotopic (exact) mass is 355 g/mol. The van der Waals surface area contributed by atoms with Gasteiger partial charge in [0.15, 0.2) is 0 Å². The van der Waals surface area contributed by atoms with E-state index in [1.54, 1.807) is 0 Å². The van der Waals surface area contributed by atoms with E-state index in [9.17, 15) is 4.79 Å². The van der Waals surface area contributed by atoms with Crippen molar-refractivity contribution in [2.75, 3.05) is 18.0 Å². The van der Waals surface area contributed by atoms with Crippen LogP contribution >= 0.6 is 15.9 Å². The van der Waals surface area contributed by atoms with Crippen LogP contribution < -0.4 is 10.2 Å². The Bertz CT molecular complexity index is 502. The van der Waals surface area contributed by atoms with E-state index in [0.717, 1.165) is 36.4 Å². The molecule has 0 bridgehead atoms. The van der Waals surface area contributed by atoms with E-state index in [0.29, 0.717) is 0 Å². The SMILES string of the molecule is CC(C)(C)OC(=O)N[C@@H]1CCCN(c2cccc(Br)n2)C1. The number of hydrogen-bond acceptors (Lipinski definition) is 4. The largest absolute Gasteiger partial charge is 0.444 e. The molecule has 1 aliphatic rings. The second-order valence-electron chi connectivity index (χ2n) is 6.25. The molecule has 2 heterocycles. The minimum atomic E-state index is -0.468. The molecule has 0 radical (unpaired) electrons. The number of anilines is 1. The zero-order valence-corrected chi connectivity index (χ0v) is 14.3. The first-order chi connectivity index (χ1) is 9.83. The van der Waals surface area contributed by atoms with Crippen LogP contribution in [0.25, 0.3) is 0 Å². The Hall–Kier alpha value is -1.30. The summed E-state index contributed by atoms with van der Waals surface area (Å²) in [4.78, 5) is 18.5. The van der Waals surface area contributed by atoms with Crippen molar-refractivity contribution in [1.82, 2.24) is 10.3 Å². The Labute approximate surface area is 134 Å². The van der Waals surface area contributed by atoms with Crippen molar-refractivity contribution in [1.29, 1.82) is 0 Å². The molecule has 21 heavy (non-hydrogen) atoms. The Morgan fingerprint density at radius 3 is 2.90 bits per heavy atom. The lowest BCUT2D eigenvalue weighted by Crippen LogP contribution is -2.49. The Morgan fingerprint density at radius 2 is 2.24 bits per heavy atom. The maximum absolute atomic E-state index is 11.8.